The number of nitrogens with one attached hydrogen (secondary N) is 2. The highest BCUT2D eigenvalue weighted by atomic mass is 32.2. The van der Waals surface area contributed by atoms with Crippen molar-refractivity contribution in [3.8, 4) is 0 Å². The van der Waals surface area contributed by atoms with Gasteiger partial charge in [-0.2, -0.15) is 0 Å². The molecule has 10 heteroatoms. The number of amides is 2. The van der Waals surface area contributed by atoms with Crippen molar-refractivity contribution >= 4 is 48.3 Å². The van der Waals surface area contributed by atoms with Gasteiger partial charge in [0.15, 0.2) is 15.0 Å². The number of hydrogen-bond acceptors (Lipinski definition) is 6. The molecule has 0 spiro atoms. The highest BCUT2D eigenvalue weighted by Crippen LogP contribution is 2.28. The first-order chi connectivity index (χ1) is 14.1. The molecule has 0 saturated heterocycles. The lowest BCUT2D eigenvalue weighted by molar-refractivity contribution is -0.118. The van der Waals surface area contributed by atoms with Gasteiger partial charge in [0.25, 0.3) is 5.91 Å². The van der Waals surface area contributed by atoms with E-state index in [1.807, 2.05) is 0 Å². The lowest BCUT2D eigenvalue weighted by Gasteiger charge is -2.21. The van der Waals surface area contributed by atoms with E-state index >= 15 is 0 Å². The van der Waals surface area contributed by atoms with Crippen LogP contribution in [0.4, 0.5) is 9.52 Å². The first-order valence-corrected chi connectivity index (χ1v) is 11.7. The number of carbonyl (C=O) groups excluding carboxylic acids is 2. The molecule has 7 nitrogen and oxygen atoms in total. The minimum Gasteiger partial charge on any atom is -0.340 e. The van der Waals surface area contributed by atoms with Crippen LogP contribution in [0.5, 0.6) is 0 Å². The first-order valence-electron chi connectivity index (χ1n) is 9.03. The van der Waals surface area contributed by atoms with Crippen LogP contribution in [0.15, 0.2) is 47.4 Å². The Hall–Kier alpha value is -2.85. The summed E-state index contributed by atoms with van der Waals surface area (Å²) in [7, 11) is -3.36. The minimum atomic E-state index is -3.36. The summed E-state index contributed by atoms with van der Waals surface area (Å²) in [6.45, 7) is 3.51. The molecule has 3 aromatic rings. The molecule has 0 radical (unpaired) electrons. The fourth-order valence-electron chi connectivity index (χ4n) is 2.77. The number of sulfone groups is 1. The van der Waals surface area contributed by atoms with E-state index in [1.54, 1.807) is 19.9 Å². The number of thiazole rings is 1. The molecule has 1 unspecified atom stereocenters. The number of rotatable bonds is 6. The van der Waals surface area contributed by atoms with Crippen LogP contribution in [0, 0.1) is 11.7 Å². The molecule has 0 aliphatic rings. The Morgan fingerprint density at radius 2 is 1.83 bits per heavy atom. The molecule has 0 saturated carbocycles. The van der Waals surface area contributed by atoms with Crippen LogP contribution in [0.25, 0.3) is 10.2 Å². The normalized spacial score (nSPS) is 12.7. The predicted molar refractivity (Wildman–Crippen MR) is 114 cm³/mol. The second-order valence-electron chi connectivity index (χ2n) is 7.08. The quantitative estimate of drug-likeness (QED) is 0.601. The van der Waals surface area contributed by atoms with Crippen molar-refractivity contribution in [2.75, 3.05) is 11.6 Å². The van der Waals surface area contributed by atoms with Crippen molar-refractivity contribution in [1.29, 1.82) is 0 Å². The second kappa shape index (κ2) is 8.49. The van der Waals surface area contributed by atoms with Crippen molar-refractivity contribution < 1.29 is 22.4 Å². The Labute approximate surface area is 177 Å². The predicted octanol–water partition coefficient (Wildman–Crippen LogP) is 3.23. The van der Waals surface area contributed by atoms with Gasteiger partial charge in [-0.05, 0) is 36.2 Å². The van der Waals surface area contributed by atoms with Crippen molar-refractivity contribution in [1.82, 2.24) is 10.3 Å². The summed E-state index contributed by atoms with van der Waals surface area (Å²) in [5.74, 6) is -2.14. The molecular weight excluding hydrogens is 429 g/mol. The number of nitrogens with zero attached hydrogens (tertiary/aromatic N) is 1. The van der Waals surface area contributed by atoms with Crippen LogP contribution in [-0.4, -0.2) is 37.5 Å². The van der Waals surface area contributed by atoms with Gasteiger partial charge in [-0.25, -0.2) is 17.8 Å². The fourth-order valence-corrected chi connectivity index (χ4v) is 4.40. The molecule has 1 aromatic heterocycles. The Kier molecular flexibility index (Phi) is 6.18. The van der Waals surface area contributed by atoms with Crippen LogP contribution >= 0.6 is 11.3 Å². The summed E-state index contributed by atoms with van der Waals surface area (Å²) in [4.78, 5) is 29.6. The Balaban J connectivity index is 1.79. The van der Waals surface area contributed by atoms with Gasteiger partial charge in [0.1, 0.15) is 11.9 Å². The van der Waals surface area contributed by atoms with Crippen LogP contribution in [0.3, 0.4) is 0 Å². The maximum atomic E-state index is 13.9. The first kappa shape index (κ1) is 21.8. The summed E-state index contributed by atoms with van der Waals surface area (Å²) in [5, 5.41) is 5.49. The number of benzene rings is 2. The zero-order valence-corrected chi connectivity index (χ0v) is 18.1. The summed E-state index contributed by atoms with van der Waals surface area (Å²) in [6, 6.07) is 9.12. The van der Waals surface area contributed by atoms with Crippen molar-refractivity contribution in [2.45, 2.75) is 24.8 Å². The molecule has 2 aromatic carbocycles. The SMILES string of the molecule is CC(C)C(NC(=O)c1ccccc1F)C(=O)Nc1nc2ccc(S(C)(=O)=O)cc2s1. The maximum absolute atomic E-state index is 13.9. The molecule has 158 valence electrons. The molecule has 0 aliphatic heterocycles. The highest BCUT2D eigenvalue weighted by molar-refractivity contribution is 7.90. The summed E-state index contributed by atoms with van der Waals surface area (Å²) < 4.78 is 37.9. The van der Waals surface area contributed by atoms with E-state index in [0.29, 0.717) is 10.2 Å². The van der Waals surface area contributed by atoms with E-state index in [-0.39, 0.29) is 21.5 Å². The molecule has 2 amide bonds. The number of hydrogen-bond donors (Lipinski definition) is 2. The van der Waals surface area contributed by atoms with Gasteiger partial charge >= 0.3 is 0 Å². The third-order valence-electron chi connectivity index (χ3n) is 4.37. The largest absolute Gasteiger partial charge is 0.340 e. The van der Waals surface area contributed by atoms with E-state index in [0.717, 1.165) is 17.6 Å². The van der Waals surface area contributed by atoms with E-state index < -0.39 is 33.5 Å². The van der Waals surface area contributed by atoms with Crippen molar-refractivity contribution in [3.63, 3.8) is 0 Å². The van der Waals surface area contributed by atoms with E-state index in [2.05, 4.69) is 15.6 Å². The molecule has 0 fully saturated rings. The summed E-state index contributed by atoms with van der Waals surface area (Å²) in [5.41, 5.74) is 0.392. The number of carbonyl (C=O) groups is 2. The van der Waals surface area contributed by atoms with Crippen LogP contribution in [0.1, 0.15) is 24.2 Å². The molecule has 30 heavy (non-hydrogen) atoms. The lowest BCUT2D eigenvalue weighted by atomic mass is 10.0. The van der Waals surface area contributed by atoms with Crippen LogP contribution in [0.2, 0.25) is 0 Å². The van der Waals surface area contributed by atoms with Gasteiger partial charge in [-0.3, -0.25) is 9.59 Å². The number of fused-ring (bicyclic) bond motifs is 1. The number of aromatic nitrogens is 1. The van der Waals surface area contributed by atoms with Gasteiger partial charge in [0, 0.05) is 6.26 Å². The minimum absolute atomic E-state index is 0.149. The van der Waals surface area contributed by atoms with Crippen molar-refractivity contribution in [3.05, 3.63) is 53.8 Å². The van der Waals surface area contributed by atoms with Gasteiger partial charge < -0.3 is 10.6 Å². The van der Waals surface area contributed by atoms with E-state index in [9.17, 15) is 22.4 Å². The Morgan fingerprint density at radius 1 is 1.13 bits per heavy atom. The lowest BCUT2D eigenvalue weighted by Crippen LogP contribution is -2.47. The number of halogens is 1. The summed E-state index contributed by atoms with van der Waals surface area (Å²) >= 11 is 1.12. The molecule has 3 rings (SSSR count). The third-order valence-corrected chi connectivity index (χ3v) is 6.42. The van der Waals surface area contributed by atoms with Gasteiger partial charge in [-0.15, -0.1) is 0 Å². The summed E-state index contributed by atoms with van der Waals surface area (Å²) in [6.07, 6.45) is 1.11. The number of anilines is 1. The van der Waals surface area contributed by atoms with E-state index in [4.69, 9.17) is 0 Å². The monoisotopic (exact) mass is 449 g/mol. The van der Waals surface area contributed by atoms with Gasteiger partial charge in [0.2, 0.25) is 5.91 Å². The van der Waals surface area contributed by atoms with Crippen LogP contribution in [-0.2, 0) is 14.6 Å². The Bertz CT molecular complexity index is 1220. The average molecular weight is 450 g/mol. The maximum Gasteiger partial charge on any atom is 0.254 e. The Morgan fingerprint density at radius 3 is 2.47 bits per heavy atom. The zero-order valence-electron chi connectivity index (χ0n) is 16.5. The zero-order chi connectivity index (χ0) is 22.1. The molecule has 2 N–H and O–H groups in total. The van der Waals surface area contributed by atoms with Crippen molar-refractivity contribution in [2.24, 2.45) is 5.92 Å². The third kappa shape index (κ3) is 4.82. The topological polar surface area (TPSA) is 105 Å². The van der Waals surface area contributed by atoms with E-state index in [1.165, 1.54) is 36.4 Å². The fraction of sp³-hybridized carbons (Fsp3) is 0.250. The smallest absolute Gasteiger partial charge is 0.254 e. The van der Waals surface area contributed by atoms with Crippen LogP contribution < -0.4 is 10.6 Å². The molecule has 0 aliphatic carbocycles. The standard InChI is InChI=1S/C20H20FN3O4S2/c1-11(2)17(23-18(25)13-6-4-5-7-14(13)21)19(26)24-20-22-15-9-8-12(30(3,27)28)10-16(15)29-20/h4-11,17H,1-3H3,(H,23,25)(H,22,24,26). The molecule has 0 bridgehead atoms. The second-order valence-corrected chi connectivity index (χ2v) is 10.1. The van der Waals surface area contributed by atoms with Gasteiger partial charge in [-0.1, -0.05) is 37.3 Å². The van der Waals surface area contributed by atoms with Gasteiger partial charge in [0.05, 0.1) is 20.7 Å². The highest BCUT2D eigenvalue weighted by Gasteiger charge is 2.26. The molecular formula is C20H20FN3O4S2. The molecule has 1 atom stereocenters. The molecule has 1 heterocycles. The average Bonchev–Trinajstić information content (AvgIpc) is 3.06.